The predicted molar refractivity (Wildman–Crippen MR) is 49.5 cm³/mol. The average molecular weight is 205 g/mol. The molecule has 1 rings (SSSR count). The number of alkyl halides is 1. The van der Waals surface area contributed by atoms with Gasteiger partial charge in [0.05, 0.1) is 0 Å². The van der Waals surface area contributed by atoms with Crippen molar-refractivity contribution in [1.29, 1.82) is 0 Å². The Hall–Kier alpha value is -0.770. The number of hydrogen-bond donors (Lipinski definition) is 2. The van der Waals surface area contributed by atoms with Crippen molar-refractivity contribution in [2.24, 2.45) is 0 Å². The smallest absolute Gasteiger partial charge is 0.242 e. The van der Waals surface area contributed by atoms with E-state index in [1.807, 2.05) is 0 Å². The maximum Gasteiger partial charge on any atom is 0.242 e. The van der Waals surface area contributed by atoms with Crippen LogP contribution in [0.15, 0.2) is 0 Å². The minimum atomic E-state index is -0.588. The zero-order valence-electron chi connectivity index (χ0n) is 7.47. The average Bonchev–Trinajstić information content (AvgIpc) is 2.08. The normalized spacial score (nSPS) is 24.8. The largest absolute Gasteiger partial charge is 0.354 e. The zero-order chi connectivity index (χ0) is 9.84. The quantitative estimate of drug-likeness (QED) is 0.623. The van der Waals surface area contributed by atoms with Gasteiger partial charge in [-0.3, -0.25) is 9.59 Å². The topological polar surface area (TPSA) is 58.2 Å². The molecule has 2 atom stereocenters. The molecule has 0 aromatic rings. The molecule has 1 saturated heterocycles. The van der Waals surface area contributed by atoms with E-state index in [1.54, 1.807) is 6.92 Å². The number of carbonyl (C=O) groups is 2. The Morgan fingerprint density at radius 2 is 2.46 bits per heavy atom. The van der Waals surface area contributed by atoms with Gasteiger partial charge in [-0.05, 0) is 19.8 Å². The number of rotatable bonds is 2. The molecule has 0 aliphatic carbocycles. The zero-order valence-corrected chi connectivity index (χ0v) is 8.23. The molecule has 13 heavy (non-hydrogen) atoms. The van der Waals surface area contributed by atoms with Crippen molar-refractivity contribution >= 4 is 23.4 Å². The third-order valence-corrected chi connectivity index (χ3v) is 2.16. The molecule has 0 bridgehead atoms. The summed E-state index contributed by atoms with van der Waals surface area (Å²) in [6.45, 7) is 2.28. The first-order valence-corrected chi connectivity index (χ1v) is 4.77. The summed E-state index contributed by atoms with van der Waals surface area (Å²) in [5.41, 5.74) is 0. The van der Waals surface area contributed by atoms with Gasteiger partial charge in [0.15, 0.2) is 0 Å². The standard InChI is InChI=1S/C8H13ClN2O2/c1-5(9)7(12)11-6-3-2-4-10-8(6)13/h5-6H,2-4H2,1H3,(H,10,13)(H,11,12). The Labute approximate surface area is 82.0 Å². The highest BCUT2D eigenvalue weighted by molar-refractivity contribution is 6.30. The molecule has 0 spiro atoms. The molecule has 0 aromatic carbocycles. The molecule has 1 aliphatic rings. The number of nitrogens with one attached hydrogen (secondary N) is 2. The molecule has 1 aliphatic heterocycles. The molecule has 0 radical (unpaired) electrons. The Morgan fingerprint density at radius 1 is 1.77 bits per heavy atom. The van der Waals surface area contributed by atoms with Crippen LogP contribution in [0.3, 0.4) is 0 Å². The van der Waals surface area contributed by atoms with E-state index in [4.69, 9.17) is 11.6 Å². The van der Waals surface area contributed by atoms with Gasteiger partial charge in [-0.2, -0.15) is 0 Å². The van der Waals surface area contributed by atoms with E-state index in [-0.39, 0.29) is 11.8 Å². The van der Waals surface area contributed by atoms with E-state index in [2.05, 4.69) is 10.6 Å². The maximum atomic E-state index is 11.2. The second-order valence-electron chi connectivity index (χ2n) is 3.11. The second kappa shape index (κ2) is 4.46. The van der Waals surface area contributed by atoms with Crippen molar-refractivity contribution in [1.82, 2.24) is 10.6 Å². The van der Waals surface area contributed by atoms with Crippen LogP contribution in [0.2, 0.25) is 0 Å². The summed E-state index contributed by atoms with van der Waals surface area (Å²) in [6.07, 6.45) is 1.59. The van der Waals surface area contributed by atoms with E-state index in [0.717, 1.165) is 6.42 Å². The summed E-state index contributed by atoms with van der Waals surface area (Å²) in [5.74, 6) is -0.402. The van der Waals surface area contributed by atoms with Crippen molar-refractivity contribution in [2.45, 2.75) is 31.2 Å². The number of hydrogen-bond acceptors (Lipinski definition) is 2. The summed E-state index contributed by atoms with van der Waals surface area (Å²) in [6, 6.07) is -0.401. The summed E-state index contributed by atoms with van der Waals surface area (Å²) >= 11 is 5.55. The molecule has 5 heteroatoms. The minimum Gasteiger partial charge on any atom is -0.354 e. The van der Waals surface area contributed by atoms with Crippen LogP contribution in [-0.2, 0) is 9.59 Å². The van der Waals surface area contributed by atoms with Crippen molar-refractivity contribution in [2.75, 3.05) is 6.54 Å². The number of piperidine rings is 1. The van der Waals surface area contributed by atoms with Gasteiger partial charge in [-0.1, -0.05) is 0 Å². The van der Waals surface area contributed by atoms with Gasteiger partial charge in [0.1, 0.15) is 11.4 Å². The molecule has 2 unspecified atom stereocenters. The third kappa shape index (κ3) is 2.88. The molecule has 0 aromatic heterocycles. The van der Waals surface area contributed by atoms with Crippen LogP contribution in [0.1, 0.15) is 19.8 Å². The number of halogens is 1. The summed E-state index contributed by atoms with van der Waals surface area (Å²) in [7, 11) is 0. The van der Waals surface area contributed by atoms with Gasteiger partial charge < -0.3 is 10.6 Å². The highest BCUT2D eigenvalue weighted by Crippen LogP contribution is 2.04. The van der Waals surface area contributed by atoms with Crippen LogP contribution in [0.4, 0.5) is 0 Å². The SMILES string of the molecule is CC(Cl)C(=O)NC1CCCNC1=O. The Morgan fingerprint density at radius 3 is 3.00 bits per heavy atom. The Bertz CT molecular complexity index is 218. The lowest BCUT2D eigenvalue weighted by Gasteiger charge is -2.23. The van der Waals surface area contributed by atoms with E-state index in [1.165, 1.54) is 0 Å². The van der Waals surface area contributed by atoms with Gasteiger partial charge in [-0.15, -0.1) is 11.6 Å². The molecule has 2 amide bonds. The van der Waals surface area contributed by atoms with Crippen LogP contribution in [0.25, 0.3) is 0 Å². The van der Waals surface area contributed by atoms with Gasteiger partial charge in [0.2, 0.25) is 11.8 Å². The summed E-state index contributed by atoms with van der Waals surface area (Å²) in [5, 5.41) is 4.68. The fraction of sp³-hybridized carbons (Fsp3) is 0.750. The van der Waals surface area contributed by atoms with Crippen molar-refractivity contribution in [3.63, 3.8) is 0 Å². The lowest BCUT2D eigenvalue weighted by molar-refractivity contribution is -0.129. The van der Waals surface area contributed by atoms with Crippen molar-refractivity contribution in [3.05, 3.63) is 0 Å². The van der Waals surface area contributed by atoms with E-state index >= 15 is 0 Å². The predicted octanol–water partition coefficient (Wildman–Crippen LogP) is 0.00850. The van der Waals surface area contributed by atoms with Gasteiger partial charge >= 0.3 is 0 Å². The highest BCUT2D eigenvalue weighted by atomic mass is 35.5. The first-order valence-electron chi connectivity index (χ1n) is 4.33. The lowest BCUT2D eigenvalue weighted by Crippen LogP contribution is -2.51. The monoisotopic (exact) mass is 204 g/mol. The second-order valence-corrected chi connectivity index (χ2v) is 3.77. The number of amides is 2. The maximum absolute atomic E-state index is 11.2. The highest BCUT2D eigenvalue weighted by Gasteiger charge is 2.24. The molecule has 74 valence electrons. The van der Waals surface area contributed by atoms with Gasteiger partial charge in [-0.25, -0.2) is 0 Å². The summed E-state index contributed by atoms with van der Waals surface area (Å²) < 4.78 is 0. The third-order valence-electron chi connectivity index (χ3n) is 1.96. The summed E-state index contributed by atoms with van der Waals surface area (Å²) in [4.78, 5) is 22.3. The van der Waals surface area contributed by atoms with Crippen LogP contribution in [0, 0.1) is 0 Å². The van der Waals surface area contributed by atoms with Crippen molar-refractivity contribution in [3.8, 4) is 0 Å². The Kier molecular flexibility index (Phi) is 3.54. The van der Waals surface area contributed by atoms with Crippen LogP contribution in [-0.4, -0.2) is 29.8 Å². The lowest BCUT2D eigenvalue weighted by atomic mass is 10.1. The molecular formula is C8H13ClN2O2. The first kappa shape index (κ1) is 10.3. The van der Waals surface area contributed by atoms with Crippen LogP contribution in [0.5, 0.6) is 0 Å². The molecule has 0 saturated carbocycles. The molecule has 4 nitrogen and oxygen atoms in total. The molecule has 1 heterocycles. The number of carbonyl (C=O) groups excluding carboxylic acids is 2. The van der Waals surface area contributed by atoms with Crippen LogP contribution >= 0.6 is 11.6 Å². The fourth-order valence-corrected chi connectivity index (χ4v) is 1.26. The van der Waals surface area contributed by atoms with Gasteiger partial charge in [0.25, 0.3) is 0 Å². The van der Waals surface area contributed by atoms with Gasteiger partial charge in [0, 0.05) is 6.54 Å². The Balaban J connectivity index is 2.43. The van der Waals surface area contributed by atoms with Crippen LogP contribution < -0.4 is 10.6 Å². The van der Waals surface area contributed by atoms with E-state index < -0.39 is 11.4 Å². The molecule has 2 N–H and O–H groups in total. The molecular weight excluding hydrogens is 192 g/mol. The minimum absolute atomic E-state index is 0.114. The first-order chi connectivity index (χ1) is 6.11. The van der Waals surface area contributed by atoms with E-state index in [9.17, 15) is 9.59 Å². The van der Waals surface area contributed by atoms with Crippen molar-refractivity contribution < 1.29 is 9.59 Å². The fourth-order valence-electron chi connectivity index (χ4n) is 1.20. The van der Waals surface area contributed by atoms with E-state index in [0.29, 0.717) is 13.0 Å². The molecule has 1 fully saturated rings.